The number of nitrogens with one attached hydrogen (secondary N) is 1. The predicted molar refractivity (Wildman–Crippen MR) is 119 cm³/mol. The second-order valence-corrected chi connectivity index (χ2v) is 8.38. The molecule has 2 N–H and O–H groups in total. The molecule has 5 heteroatoms. The summed E-state index contributed by atoms with van der Waals surface area (Å²) in [4.78, 5) is 15.3. The Balaban J connectivity index is 1.67. The van der Waals surface area contributed by atoms with Crippen LogP contribution in [0.2, 0.25) is 0 Å². The molecule has 0 spiro atoms. The van der Waals surface area contributed by atoms with E-state index in [2.05, 4.69) is 22.3 Å². The predicted octanol–water partition coefficient (Wildman–Crippen LogP) is 4.32. The molecule has 3 aromatic carbocycles. The van der Waals surface area contributed by atoms with Gasteiger partial charge in [0.2, 0.25) is 0 Å². The molecule has 1 aliphatic heterocycles. The average Bonchev–Trinajstić information content (AvgIpc) is 2.78. The van der Waals surface area contributed by atoms with Crippen LogP contribution in [0.15, 0.2) is 84.9 Å². The maximum absolute atomic E-state index is 13.3. The van der Waals surface area contributed by atoms with Gasteiger partial charge in [-0.3, -0.25) is 9.69 Å². The number of hydrogen-bond donors (Lipinski definition) is 2. The van der Waals surface area contributed by atoms with E-state index < -0.39 is 17.5 Å². The monoisotopic (exact) mass is 418 g/mol. The second kappa shape index (κ2) is 9.00. The summed E-state index contributed by atoms with van der Waals surface area (Å²) in [5.74, 6) is -0.717. The third-order valence-electron chi connectivity index (χ3n) is 6.05. The number of carbonyl (C=O) groups is 1. The number of carbonyl (C=O) groups excluding carboxylic acids is 1. The molecule has 3 aromatic rings. The molecule has 0 aliphatic carbocycles. The van der Waals surface area contributed by atoms with Gasteiger partial charge in [-0.05, 0) is 48.7 Å². The van der Waals surface area contributed by atoms with Gasteiger partial charge in [-0.1, -0.05) is 60.7 Å². The normalized spacial score (nSPS) is 24.0. The van der Waals surface area contributed by atoms with E-state index in [-0.39, 0.29) is 11.9 Å². The molecular weight excluding hydrogens is 391 g/mol. The summed E-state index contributed by atoms with van der Waals surface area (Å²) in [6.07, 6.45) is 0.525. The van der Waals surface area contributed by atoms with Crippen LogP contribution in [-0.2, 0) is 6.54 Å². The lowest BCUT2D eigenvalue weighted by Gasteiger charge is -2.49. The zero-order valence-electron chi connectivity index (χ0n) is 17.5. The van der Waals surface area contributed by atoms with Gasteiger partial charge in [0.25, 0.3) is 5.91 Å². The van der Waals surface area contributed by atoms with Crippen molar-refractivity contribution < 1.29 is 14.3 Å². The minimum absolute atomic E-state index is 0.213. The van der Waals surface area contributed by atoms with E-state index in [1.54, 1.807) is 6.92 Å². The van der Waals surface area contributed by atoms with Crippen LogP contribution in [0.3, 0.4) is 0 Å². The first-order valence-corrected chi connectivity index (χ1v) is 10.6. The standard InChI is InChI=1S/C26H27FN2O2/c1-26(31)16-17-29(18-19-8-4-2-5-9-19)23(20-10-6-3-7-11-20)24(26)28-25(30)21-12-14-22(27)15-13-21/h2-15,23-24,31H,16-18H2,1H3,(H,28,30)/t23-,24-,26+/m0/s1. The Morgan fingerprint density at radius 1 is 1.03 bits per heavy atom. The highest BCUT2D eigenvalue weighted by Gasteiger charge is 2.46. The number of amides is 1. The molecule has 160 valence electrons. The fourth-order valence-corrected chi connectivity index (χ4v) is 4.32. The van der Waals surface area contributed by atoms with Crippen LogP contribution in [0.25, 0.3) is 0 Å². The van der Waals surface area contributed by atoms with E-state index in [0.717, 1.165) is 5.56 Å². The third kappa shape index (κ3) is 4.84. The van der Waals surface area contributed by atoms with Gasteiger partial charge in [-0.2, -0.15) is 0 Å². The Kier molecular flexibility index (Phi) is 6.16. The van der Waals surface area contributed by atoms with Crippen molar-refractivity contribution in [3.8, 4) is 0 Å². The highest BCUT2D eigenvalue weighted by Crippen LogP contribution is 2.38. The Hall–Kier alpha value is -3.02. The third-order valence-corrected chi connectivity index (χ3v) is 6.05. The van der Waals surface area contributed by atoms with Crippen LogP contribution in [-0.4, -0.2) is 34.1 Å². The maximum atomic E-state index is 13.3. The number of hydrogen-bond acceptors (Lipinski definition) is 3. The molecule has 1 heterocycles. The lowest BCUT2D eigenvalue weighted by molar-refractivity contribution is -0.0664. The molecule has 0 saturated carbocycles. The topological polar surface area (TPSA) is 52.6 Å². The van der Waals surface area contributed by atoms with Crippen LogP contribution < -0.4 is 5.32 Å². The van der Waals surface area contributed by atoms with Gasteiger partial charge in [0.1, 0.15) is 5.82 Å². The summed E-state index contributed by atoms with van der Waals surface area (Å²) in [6, 6.07) is 24.8. The van der Waals surface area contributed by atoms with E-state index in [0.29, 0.717) is 25.1 Å². The summed E-state index contributed by atoms with van der Waals surface area (Å²) in [5, 5.41) is 14.3. The number of likely N-dealkylation sites (tertiary alicyclic amines) is 1. The molecule has 0 unspecified atom stereocenters. The number of nitrogens with zero attached hydrogens (tertiary/aromatic N) is 1. The van der Waals surface area contributed by atoms with E-state index in [9.17, 15) is 14.3 Å². The summed E-state index contributed by atoms with van der Waals surface area (Å²) < 4.78 is 13.3. The fourth-order valence-electron chi connectivity index (χ4n) is 4.32. The first-order chi connectivity index (χ1) is 14.9. The maximum Gasteiger partial charge on any atom is 0.251 e. The minimum atomic E-state index is -1.09. The molecule has 4 nitrogen and oxygen atoms in total. The van der Waals surface area contributed by atoms with E-state index in [1.165, 1.54) is 29.8 Å². The van der Waals surface area contributed by atoms with Gasteiger partial charge in [-0.25, -0.2) is 4.39 Å². The molecule has 1 amide bonds. The molecule has 4 rings (SSSR count). The van der Waals surface area contributed by atoms with Crippen LogP contribution >= 0.6 is 0 Å². The van der Waals surface area contributed by atoms with Crippen LogP contribution in [0, 0.1) is 5.82 Å². The number of benzene rings is 3. The SMILES string of the molecule is C[C@@]1(O)CCN(Cc2ccccc2)[C@@H](c2ccccc2)[C@@H]1NC(=O)c1ccc(F)cc1. The van der Waals surface area contributed by atoms with Crippen LogP contribution in [0.4, 0.5) is 4.39 Å². The molecule has 31 heavy (non-hydrogen) atoms. The van der Waals surface area contributed by atoms with Gasteiger partial charge in [0.15, 0.2) is 0 Å². The Morgan fingerprint density at radius 2 is 1.65 bits per heavy atom. The quantitative estimate of drug-likeness (QED) is 0.649. The van der Waals surface area contributed by atoms with Crippen LogP contribution in [0.1, 0.15) is 40.9 Å². The fraction of sp³-hybridized carbons (Fsp3) is 0.269. The highest BCUT2D eigenvalue weighted by molar-refractivity contribution is 5.94. The van der Waals surface area contributed by atoms with Gasteiger partial charge in [0.05, 0.1) is 17.7 Å². The summed E-state index contributed by atoms with van der Waals surface area (Å²) in [6.45, 7) is 3.18. The van der Waals surface area contributed by atoms with Crippen molar-refractivity contribution in [2.75, 3.05) is 6.54 Å². The van der Waals surface area contributed by atoms with Gasteiger partial charge in [-0.15, -0.1) is 0 Å². The number of piperidine rings is 1. The zero-order valence-corrected chi connectivity index (χ0v) is 17.5. The first-order valence-electron chi connectivity index (χ1n) is 10.6. The molecule has 0 radical (unpaired) electrons. The molecule has 0 bridgehead atoms. The summed E-state index contributed by atoms with van der Waals surface area (Å²) in [5.41, 5.74) is 1.48. The van der Waals surface area contributed by atoms with Crippen molar-refractivity contribution in [1.29, 1.82) is 0 Å². The molecular formula is C26H27FN2O2. The Bertz CT molecular complexity index is 1010. The lowest BCUT2D eigenvalue weighted by atomic mass is 9.79. The Labute approximate surface area is 182 Å². The smallest absolute Gasteiger partial charge is 0.251 e. The zero-order chi connectivity index (χ0) is 21.8. The van der Waals surface area contributed by atoms with Crippen molar-refractivity contribution in [2.45, 2.75) is 37.6 Å². The van der Waals surface area contributed by atoms with Gasteiger partial charge >= 0.3 is 0 Å². The molecule has 0 aromatic heterocycles. The highest BCUT2D eigenvalue weighted by atomic mass is 19.1. The second-order valence-electron chi connectivity index (χ2n) is 8.38. The van der Waals surface area contributed by atoms with Crippen molar-refractivity contribution in [1.82, 2.24) is 10.2 Å². The van der Waals surface area contributed by atoms with Gasteiger partial charge in [0, 0.05) is 18.7 Å². The summed E-state index contributed by atoms with van der Waals surface area (Å²) in [7, 11) is 0. The van der Waals surface area contributed by atoms with Crippen molar-refractivity contribution in [3.05, 3.63) is 107 Å². The average molecular weight is 419 g/mol. The molecule has 3 atom stereocenters. The van der Waals surface area contributed by atoms with E-state index in [1.807, 2.05) is 48.5 Å². The molecule has 1 fully saturated rings. The van der Waals surface area contributed by atoms with Crippen LogP contribution in [0.5, 0.6) is 0 Å². The first kappa shape index (κ1) is 21.2. The lowest BCUT2D eigenvalue weighted by Crippen LogP contribution is -2.62. The van der Waals surface area contributed by atoms with Crippen molar-refractivity contribution >= 4 is 5.91 Å². The Morgan fingerprint density at radius 3 is 2.29 bits per heavy atom. The summed E-state index contributed by atoms with van der Waals surface area (Å²) >= 11 is 0. The van der Waals surface area contributed by atoms with Crippen molar-refractivity contribution in [2.24, 2.45) is 0 Å². The van der Waals surface area contributed by atoms with Gasteiger partial charge < -0.3 is 10.4 Å². The number of halogens is 1. The molecule has 1 saturated heterocycles. The van der Waals surface area contributed by atoms with E-state index >= 15 is 0 Å². The van der Waals surface area contributed by atoms with Crippen molar-refractivity contribution in [3.63, 3.8) is 0 Å². The number of rotatable bonds is 5. The minimum Gasteiger partial charge on any atom is -0.388 e. The largest absolute Gasteiger partial charge is 0.388 e. The number of aliphatic hydroxyl groups is 1. The molecule has 1 aliphatic rings. The van der Waals surface area contributed by atoms with E-state index in [4.69, 9.17) is 0 Å².